The summed E-state index contributed by atoms with van der Waals surface area (Å²) in [6.07, 6.45) is 7.40. The van der Waals surface area contributed by atoms with E-state index < -0.39 is 33.4 Å². The van der Waals surface area contributed by atoms with E-state index in [2.05, 4.69) is 13.2 Å². The average molecular weight is 559 g/mol. The molecular formula is C25H43KO9S. The number of unbranched alkanes of at least 4 members (excludes halogenated alkanes) is 7. The number of carbonyl (C=O) groups is 3. The van der Waals surface area contributed by atoms with Crippen LogP contribution in [-0.4, -0.2) is 56.5 Å². The first-order valence-corrected chi connectivity index (χ1v) is 13.7. The van der Waals surface area contributed by atoms with E-state index in [1.807, 2.05) is 6.92 Å². The van der Waals surface area contributed by atoms with E-state index in [4.69, 9.17) is 18.8 Å². The van der Waals surface area contributed by atoms with Crippen LogP contribution in [0.5, 0.6) is 0 Å². The molecule has 0 aliphatic heterocycles. The third-order valence-electron chi connectivity index (χ3n) is 5.35. The van der Waals surface area contributed by atoms with Crippen LogP contribution < -0.4 is 51.4 Å². The number of carbonyl (C=O) groups excluding carboxylic acids is 3. The van der Waals surface area contributed by atoms with Crippen LogP contribution in [0.1, 0.15) is 86.4 Å². The van der Waals surface area contributed by atoms with Gasteiger partial charge >= 0.3 is 69.3 Å². The first kappa shape index (κ1) is 37.6. The van der Waals surface area contributed by atoms with E-state index in [9.17, 15) is 22.8 Å². The van der Waals surface area contributed by atoms with Gasteiger partial charge in [0.1, 0.15) is 18.6 Å². The monoisotopic (exact) mass is 558 g/mol. The Hall–Kier alpha value is -0.564. The predicted octanol–water partition coefficient (Wildman–Crippen LogP) is 1.68. The molecule has 0 atom stereocenters. The molecule has 0 aliphatic carbocycles. The summed E-state index contributed by atoms with van der Waals surface area (Å²) in [6.45, 7) is 11.6. The molecule has 204 valence electrons. The number of rotatable bonds is 20. The summed E-state index contributed by atoms with van der Waals surface area (Å²) in [5.41, 5.74) is -0.922. The molecule has 0 amide bonds. The van der Waals surface area contributed by atoms with Crippen molar-refractivity contribution in [2.45, 2.75) is 85.0 Å². The van der Waals surface area contributed by atoms with Crippen LogP contribution in [0, 0.1) is 5.41 Å². The normalized spacial score (nSPS) is 11.2. The maximum Gasteiger partial charge on any atom is 1.00 e. The molecule has 0 bridgehead atoms. The Morgan fingerprint density at radius 1 is 0.806 bits per heavy atom. The minimum atomic E-state index is -3.88. The van der Waals surface area contributed by atoms with Gasteiger partial charge in [0.15, 0.2) is 0 Å². The van der Waals surface area contributed by atoms with Gasteiger partial charge in [-0.2, -0.15) is 8.42 Å². The van der Waals surface area contributed by atoms with Crippen LogP contribution in [-0.2, 0) is 38.7 Å². The van der Waals surface area contributed by atoms with Crippen molar-refractivity contribution in [2.24, 2.45) is 5.41 Å². The number of ether oxygens (including phenoxy) is 3. The quantitative estimate of drug-likeness (QED) is 0.0592. The van der Waals surface area contributed by atoms with Gasteiger partial charge in [-0.15, -0.1) is 0 Å². The SMILES string of the molecule is C=C(C)C(=O)OCC(CCC)(COC(=O)C(=C)C)C(=O)OCCCCCCCCCCS(=O)(=O)O.[H-].[K+]. The Morgan fingerprint density at radius 2 is 1.22 bits per heavy atom. The molecule has 0 saturated heterocycles. The maximum absolute atomic E-state index is 13.0. The van der Waals surface area contributed by atoms with Crippen LogP contribution in [0.3, 0.4) is 0 Å². The zero-order valence-corrected chi connectivity index (χ0v) is 26.4. The van der Waals surface area contributed by atoms with E-state index in [1.54, 1.807) is 0 Å². The summed E-state index contributed by atoms with van der Waals surface area (Å²) in [7, 11) is -3.88. The molecule has 0 aromatic carbocycles. The van der Waals surface area contributed by atoms with Gasteiger partial charge in [-0.1, -0.05) is 65.0 Å². The molecule has 1 N–H and O–H groups in total. The van der Waals surface area contributed by atoms with Crippen molar-refractivity contribution < 1.29 is 94.4 Å². The van der Waals surface area contributed by atoms with Crippen LogP contribution in [0.15, 0.2) is 24.3 Å². The van der Waals surface area contributed by atoms with E-state index in [-0.39, 0.29) is 89.5 Å². The zero-order chi connectivity index (χ0) is 26.9. The van der Waals surface area contributed by atoms with Gasteiger partial charge in [-0.05, 0) is 33.1 Å². The molecule has 0 spiro atoms. The Kier molecular flexibility index (Phi) is 21.3. The Labute approximate surface area is 260 Å². The second-order valence-electron chi connectivity index (χ2n) is 8.99. The fourth-order valence-corrected chi connectivity index (χ4v) is 3.87. The van der Waals surface area contributed by atoms with E-state index in [0.29, 0.717) is 25.7 Å². The van der Waals surface area contributed by atoms with E-state index in [1.165, 1.54) is 13.8 Å². The van der Waals surface area contributed by atoms with Gasteiger partial charge in [-0.3, -0.25) is 9.35 Å². The molecule has 0 rings (SSSR count). The van der Waals surface area contributed by atoms with Crippen LogP contribution >= 0.6 is 0 Å². The van der Waals surface area contributed by atoms with Gasteiger partial charge in [0.25, 0.3) is 10.1 Å². The predicted molar refractivity (Wildman–Crippen MR) is 134 cm³/mol. The van der Waals surface area contributed by atoms with Crippen molar-refractivity contribution in [2.75, 3.05) is 25.6 Å². The molecule has 0 heterocycles. The van der Waals surface area contributed by atoms with Crippen molar-refractivity contribution in [1.29, 1.82) is 0 Å². The Balaban J connectivity index is -0.00000578. The summed E-state index contributed by atoms with van der Waals surface area (Å²) >= 11 is 0. The topological polar surface area (TPSA) is 133 Å². The largest absolute Gasteiger partial charge is 1.00 e. The summed E-state index contributed by atoms with van der Waals surface area (Å²) in [5, 5.41) is 0. The fourth-order valence-electron chi connectivity index (χ4n) is 3.30. The molecule has 9 nitrogen and oxygen atoms in total. The van der Waals surface area contributed by atoms with Gasteiger partial charge in [-0.25, -0.2) is 9.59 Å². The molecule has 0 fully saturated rings. The third-order valence-corrected chi connectivity index (χ3v) is 6.15. The van der Waals surface area contributed by atoms with E-state index in [0.717, 1.165) is 38.5 Å². The van der Waals surface area contributed by atoms with Crippen molar-refractivity contribution >= 4 is 28.0 Å². The summed E-state index contributed by atoms with van der Waals surface area (Å²) < 4.78 is 46.0. The van der Waals surface area contributed by atoms with Gasteiger partial charge in [0.05, 0.1) is 12.4 Å². The molecular weight excluding hydrogens is 515 g/mol. The summed E-state index contributed by atoms with van der Waals surface area (Å²) in [4.78, 5) is 36.8. The minimum Gasteiger partial charge on any atom is -1.00 e. The van der Waals surface area contributed by atoms with Crippen molar-refractivity contribution in [3.8, 4) is 0 Å². The molecule has 0 aromatic rings. The molecule has 0 saturated carbocycles. The first-order chi connectivity index (χ1) is 16.3. The zero-order valence-electron chi connectivity index (χ0n) is 23.4. The number of hydrogen-bond acceptors (Lipinski definition) is 8. The third kappa shape index (κ3) is 17.8. The Bertz CT molecular complexity index is 798. The van der Waals surface area contributed by atoms with Gasteiger partial charge in [0, 0.05) is 11.1 Å². The Morgan fingerprint density at radius 3 is 1.61 bits per heavy atom. The minimum absolute atomic E-state index is 0. The number of esters is 3. The first-order valence-electron chi connectivity index (χ1n) is 12.1. The average Bonchev–Trinajstić information content (AvgIpc) is 2.77. The molecule has 0 aromatic heterocycles. The molecule has 11 heteroatoms. The van der Waals surface area contributed by atoms with Crippen LogP contribution in [0.4, 0.5) is 0 Å². The van der Waals surface area contributed by atoms with Crippen molar-refractivity contribution in [3.05, 3.63) is 24.3 Å². The molecule has 0 radical (unpaired) electrons. The molecule has 0 aliphatic rings. The second kappa shape index (κ2) is 20.4. The molecule has 0 unspecified atom stereocenters. The van der Waals surface area contributed by atoms with Crippen molar-refractivity contribution in [3.63, 3.8) is 0 Å². The molecule has 36 heavy (non-hydrogen) atoms. The fraction of sp³-hybridized carbons (Fsp3) is 0.720. The second-order valence-corrected chi connectivity index (χ2v) is 10.6. The van der Waals surface area contributed by atoms with Crippen LogP contribution in [0.2, 0.25) is 0 Å². The van der Waals surface area contributed by atoms with Crippen molar-refractivity contribution in [1.82, 2.24) is 0 Å². The standard InChI is InChI=1S/C25H42O9S.K.H/c1-6-15-25(18-33-22(26)20(2)3,19-34-23(27)21(4)5)24(28)32-16-13-11-9-7-8-10-12-14-17-35(29,30)31;;/h2,4,6-19H2,1,3,5H3,(H,29,30,31);;/q;+1;-1. The smallest absolute Gasteiger partial charge is 1.00 e. The van der Waals surface area contributed by atoms with Gasteiger partial charge < -0.3 is 15.6 Å². The maximum atomic E-state index is 13.0. The van der Waals surface area contributed by atoms with E-state index >= 15 is 0 Å². The van der Waals surface area contributed by atoms with Gasteiger partial charge in [0.2, 0.25) is 0 Å². The summed E-state index contributed by atoms with van der Waals surface area (Å²) in [5.74, 6) is -2.05. The summed E-state index contributed by atoms with van der Waals surface area (Å²) in [6, 6.07) is 0. The number of hydrogen-bond donors (Lipinski definition) is 1. The van der Waals surface area contributed by atoms with Crippen LogP contribution in [0.25, 0.3) is 0 Å².